The number of ether oxygens (including phenoxy) is 1. The second kappa shape index (κ2) is 7.90. The van der Waals surface area contributed by atoms with E-state index in [0.29, 0.717) is 0 Å². The van der Waals surface area contributed by atoms with Crippen molar-refractivity contribution in [2.24, 2.45) is 0 Å². The van der Waals surface area contributed by atoms with Gasteiger partial charge in [0.05, 0.1) is 29.9 Å². The van der Waals surface area contributed by atoms with Gasteiger partial charge in [0.25, 0.3) is 0 Å². The Bertz CT molecular complexity index is 940. The van der Waals surface area contributed by atoms with Gasteiger partial charge in [-0.25, -0.2) is 4.98 Å². The van der Waals surface area contributed by atoms with Crippen molar-refractivity contribution in [3.05, 3.63) is 59.1 Å². The Hall–Kier alpha value is -2.70. The fourth-order valence-electron chi connectivity index (χ4n) is 3.16. The number of aromatic nitrogens is 1. The molecule has 0 amide bonds. The Labute approximate surface area is 161 Å². The van der Waals surface area contributed by atoms with Crippen LogP contribution < -0.4 is 4.90 Å². The molecule has 27 heavy (non-hydrogen) atoms. The number of hydrogen-bond acceptors (Lipinski definition) is 5. The van der Waals surface area contributed by atoms with Crippen LogP contribution in [0.2, 0.25) is 0 Å². The lowest BCUT2D eigenvalue weighted by molar-refractivity contribution is -0.135. The highest BCUT2D eigenvalue weighted by molar-refractivity contribution is 7.19. The molecular formula is C21H20N2O3S. The third-order valence-electron chi connectivity index (χ3n) is 4.52. The number of para-hydroxylation sites is 1. The zero-order valence-electron chi connectivity index (χ0n) is 14.8. The second-order valence-electron chi connectivity index (χ2n) is 6.42. The summed E-state index contributed by atoms with van der Waals surface area (Å²) in [7, 11) is 0. The number of benzene rings is 2. The lowest BCUT2D eigenvalue weighted by Gasteiger charge is -2.28. The zero-order chi connectivity index (χ0) is 18.6. The quantitative estimate of drug-likeness (QED) is 0.720. The van der Waals surface area contributed by atoms with Crippen LogP contribution in [0, 0.1) is 0 Å². The molecule has 2 aromatic carbocycles. The minimum absolute atomic E-state index is 0.0506. The lowest BCUT2D eigenvalue weighted by Crippen LogP contribution is -2.36. The van der Waals surface area contributed by atoms with E-state index in [1.54, 1.807) is 0 Å². The van der Waals surface area contributed by atoms with Gasteiger partial charge in [-0.1, -0.05) is 24.3 Å². The van der Waals surface area contributed by atoms with Gasteiger partial charge in [0.1, 0.15) is 5.01 Å². The first-order chi connectivity index (χ1) is 13.2. The van der Waals surface area contributed by atoms with Crippen LogP contribution in [-0.4, -0.2) is 42.4 Å². The van der Waals surface area contributed by atoms with E-state index in [2.05, 4.69) is 22.0 Å². The van der Waals surface area contributed by atoms with E-state index < -0.39 is 5.97 Å². The number of hydrogen-bond donors (Lipinski definition) is 1. The van der Waals surface area contributed by atoms with Gasteiger partial charge < -0.3 is 14.7 Å². The van der Waals surface area contributed by atoms with Crippen LogP contribution in [-0.2, 0) is 9.53 Å². The largest absolute Gasteiger partial charge is 0.481 e. The van der Waals surface area contributed by atoms with Gasteiger partial charge in [0.15, 0.2) is 0 Å². The molecule has 1 N–H and O–H groups in total. The molecule has 1 saturated heterocycles. The maximum Gasteiger partial charge on any atom is 0.307 e. The molecule has 0 spiro atoms. The highest BCUT2D eigenvalue weighted by atomic mass is 32.1. The number of aliphatic carboxylic acids is 1. The van der Waals surface area contributed by atoms with Crippen molar-refractivity contribution in [2.75, 3.05) is 31.2 Å². The van der Waals surface area contributed by atoms with Crippen LogP contribution in [0.1, 0.15) is 17.0 Å². The van der Waals surface area contributed by atoms with Crippen LogP contribution in [0.4, 0.5) is 5.69 Å². The molecule has 6 heteroatoms. The Morgan fingerprint density at radius 3 is 2.59 bits per heavy atom. The first-order valence-electron chi connectivity index (χ1n) is 8.90. The number of rotatable bonds is 5. The van der Waals surface area contributed by atoms with E-state index in [1.807, 2.05) is 42.5 Å². The van der Waals surface area contributed by atoms with Gasteiger partial charge in [-0.2, -0.15) is 0 Å². The Kier molecular flexibility index (Phi) is 5.18. The van der Waals surface area contributed by atoms with E-state index in [4.69, 9.17) is 4.74 Å². The van der Waals surface area contributed by atoms with Crippen molar-refractivity contribution in [3.8, 4) is 0 Å². The molecule has 4 rings (SSSR count). The molecule has 0 unspecified atom stereocenters. The van der Waals surface area contributed by atoms with E-state index >= 15 is 0 Å². The van der Waals surface area contributed by atoms with Gasteiger partial charge in [-0.05, 0) is 41.5 Å². The molecule has 2 heterocycles. The lowest BCUT2D eigenvalue weighted by atomic mass is 10.1. The van der Waals surface area contributed by atoms with Crippen molar-refractivity contribution < 1.29 is 14.6 Å². The predicted octanol–water partition coefficient (Wildman–Crippen LogP) is 4.15. The Morgan fingerprint density at radius 2 is 1.89 bits per heavy atom. The molecule has 3 aromatic rings. The third-order valence-corrected chi connectivity index (χ3v) is 5.63. The smallest absolute Gasteiger partial charge is 0.307 e. The fourth-order valence-corrected chi connectivity index (χ4v) is 4.14. The molecule has 1 fully saturated rings. The summed E-state index contributed by atoms with van der Waals surface area (Å²) in [5, 5.41) is 10.1. The summed E-state index contributed by atoms with van der Waals surface area (Å²) in [6.45, 7) is 3.29. The summed E-state index contributed by atoms with van der Waals surface area (Å²) >= 11 is 1.53. The van der Waals surface area contributed by atoms with Gasteiger partial charge in [-0.15, -0.1) is 11.3 Å². The van der Waals surface area contributed by atoms with Crippen LogP contribution in [0.25, 0.3) is 21.9 Å². The molecular weight excluding hydrogens is 360 g/mol. The summed E-state index contributed by atoms with van der Waals surface area (Å²) in [6, 6.07) is 16.1. The maximum absolute atomic E-state index is 11.4. The summed E-state index contributed by atoms with van der Waals surface area (Å²) in [5.41, 5.74) is 3.76. The van der Waals surface area contributed by atoms with Crippen molar-refractivity contribution >= 4 is 44.9 Å². The number of carbonyl (C=O) groups is 1. The van der Waals surface area contributed by atoms with Crippen molar-refractivity contribution in [1.29, 1.82) is 0 Å². The second-order valence-corrected chi connectivity index (χ2v) is 7.45. The van der Waals surface area contributed by atoms with Gasteiger partial charge in [0, 0.05) is 18.8 Å². The standard InChI is InChI=1S/C21H20N2O3S/c24-20(25)14-16(21-22-18-3-1-2-4-19(18)27-21)13-15-5-7-17(8-6-15)23-9-11-26-12-10-23/h1-8,13H,9-12,14H2,(H,24,25)/b16-13-. The average Bonchev–Trinajstić information content (AvgIpc) is 3.13. The van der Waals surface area contributed by atoms with Crippen LogP contribution in [0.3, 0.4) is 0 Å². The minimum atomic E-state index is -0.856. The monoisotopic (exact) mass is 380 g/mol. The zero-order valence-corrected chi connectivity index (χ0v) is 15.6. The van der Waals surface area contributed by atoms with Crippen LogP contribution in [0.15, 0.2) is 48.5 Å². The van der Waals surface area contributed by atoms with Crippen molar-refractivity contribution in [2.45, 2.75) is 6.42 Å². The fraction of sp³-hybridized carbons (Fsp3) is 0.238. The molecule has 0 radical (unpaired) electrons. The SMILES string of the molecule is O=C(O)C/C(=C/c1ccc(N2CCOCC2)cc1)c1nc2ccccc2s1. The molecule has 0 aliphatic carbocycles. The topological polar surface area (TPSA) is 62.7 Å². The molecule has 1 aliphatic heterocycles. The first-order valence-corrected chi connectivity index (χ1v) is 9.72. The molecule has 1 aliphatic rings. The van der Waals surface area contributed by atoms with E-state index in [1.165, 1.54) is 11.3 Å². The number of carboxylic acid groups (broad SMARTS) is 1. The number of carboxylic acids is 1. The highest BCUT2D eigenvalue weighted by Gasteiger charge is 2.14. The number of nitrogens with zero attached hydrogens (tertiary/aromatic N) is 2. The van der Waals surface area contributed by atoms with E-state index in [0.717, 1.165) is 58.4 Å². The molecule has 0 bridgehead atoms. The molecule has 5 nitrogen and oxygen atoms in total. The van der Waals surface area contributed by atoms with Gasteiger partial charge >= 0.3 is 5.97 Å². The molecule has 1 aromatic heterocycles. The van der Waals surface area contributed by atoms with Crippen molar-refractivity contribution in [1.82, 2.24) is 4.98 Å². The summed E-state index contributed by atoms with van der Waals surface area (Å²) in [5.74, 6) is -0.856. The first kappa shape index (κ1) is 17.7. The number of thiazole rings is 1. The highest BCUT2D eigenvalue weighted by Crippen LogP contribution is 2.30. The summed E-state index contributed by atoms with van der Waals surface area (Å²) < 4.78 is 6.46. The maximum atomic E-state index is 11.4. The van der Waals surface area contributed by atoms with Crippen molar-refractivity contribution in [3.63, 3.8) is 0 Å². The molecule has 0 saturated carbocycles. The third kappa shape index (κ3) is 4.18. The Balaban J connectivity index is 1.63. The number of fused-ring (bicyclic) bond motifs is 1. The van der Waals surface area contributed by atoms with E-state index in [-0.39, 0.29) is 6.42 Å². The molecule has 138 valence electrons. The van der Waals surface area contributed by atoms with E-state index in [9.17, 15) is 9.90 Å². The molecule has 0 atom stereocenters. The predicted molar refractivity (Wildman–Crippen MR) is 109 cm³/mol. The number of morpholine rings is 1. The number of anilines is 1. The van der Waals surface area contributed by atoms with Crippen LogP contribution >= 0.6 is 11.3 Å². The average molecular weight is 380 g/mol. The summed E-state index contributed by atoms with van der Waals surface area (Å²) in [6.07, 6.45) is 1.87. The van der Waals surface area contributed by atoms with Gasteiger partial charge in [0.2, 0.25) is 0 Å². The Morgan fingerprint density at radius 1 is 1.15 bits per heavy atom. The summed E-state index contributed by atoms with van der Waals surface area (Å²) in [4.78, 5) is 18.3. The normalized spacial score (nSPS) is 15.3. The van der Waals surface area contributed by atoms with Crippen LogP contribution in [0.5, 0.6) is 0 Å². The minimum Gasteiger partial charge on any atom is -0.481 e. The van der Waals surface area contributed by atoms with Gasteiger partial charge in [-0.3, -0.25) is 4.79 Å².